The summed E-state index contributed by atoms with van der Waals surface area (Å²) in [6.45, 7) is 3.81. The molecule has 1 aromatic heterocycles. The predicted molar refractivity (Wildman–Crippen MR) is 70.5 cm³/mol. The smallest absolute Gasteiger partial charge is 0.337 e. The second kappa shape index (κ2) is 6.12. The molecule has 0 fully saturated rings. The number of pyridine rings is 1. The van der Waals surface area contributed by atoms with E-state index in [0.29, 0.717) is 0 Å². The Morgan fingerprint density at radius 1 is 1.47 bits per heavy atom. The summed E-state index contributed by atoms with van der Waals surface area (Å²) >= 11 is 0. The molecule has 0 bridgehead atoms. The number of aromatic carboxylic acids is 1. The fourth-order valence-electron chi connectivity index (χ4n) is 1.64. The maximum absolute atomic E-state index is 12.2. The number of nitrogens with zero attached hydrogens (tertiary/aromatic N) is 2. The largest absolute Gasteiger partial charge is 0.478 e. The Bertz CT molecular complexity index is 539. The maximum Gasteiger partial charge on any atom is 0.337 e. The van der Waals surface area contributed by atoms with Crippen molar-refractivity contribution >= 4 is 16.0 Å². The van der Waals surface area contributed by atoms with E-state index in [1.54, 1.807) is 0 Å². The summed E-state index contributed by atoms with van der Waals surface area (Å²) in [5.74, 6) is -1.14. The summed E-state index contributed by atoms with van der Waals surface area (Å²) in [5, 5.41) is 8.61. The van der Waals surface area contributed by atoms with Gasteiger partial charge in [0.1, 0.15) is 0 Å². The standard InChI is InChI=1S/C12H18N2O4S/c1-4-5-9(2)14(3)19(17,18)11-7-6-10(8-13-11)12(15)16/h6-9H,4-5H2,1-3H3,(H,15,16). The molecule has 0 spiro atoms. The molecular weight excluding hydrogens is 268 g/mol. The zero-order valence-electron chi connectivity index (χ0n) is 11.2. The van der Waals surface area contributed by atoms with Crippen molar-refractivity contribution < 1.29 is 18.3 Å². The van der Waals surface area contributed by atoms with Crippen LogP contribution in [0.25, 0.3) is 0 Å². The van der Waals surface area contributed by atoms with Gasteiger partial charge < -0.3 is 5.11 Å². The van der Waals surface area contributed by atoms with Crippen LogP contribution < -0.4 is 0 Å². The van der Waals surface area contributed by atoms with Gasteiger partial charge in [-0.2, -0.15) is 4.31 Å². The number of rotatable bonds is 6. The Labute approximate surface area is 113 Å². The molecule has 0 radical (unpaired) electrons. The van der Waals surface area contributed by atoms with E-state index in [9.17, 15) is 13.2 Å². The lowest BCUT2D eigenvalue weighted by Gasteiger charge is -2.23. The normalized spacial score (nSPS) is 13.5. The van der Waals surface area contributed by atoms with Gasteiger partial charge in [-0.25, -0.2) is 18.2 Å². The molecule has 0 aromatic carbocycles. The van der Waals surface area contributed by atoms with E-state index in [2.05, 4.69) is 4.98 Å². The molecule has 0 saturated heterocycles. The van der Waals surface area contributed by atoms with Crippen molar-refractivity contribution in [2.45, 2.75) is 37.8 Å². The average molecular weight is 286 g/mol. The van der Waals surface area contributed by atoms with Crippen molar-refractivity contribution in [2.75, 3.05) is 7.05 Å². The Morgan fingerprint density at radius 3 is 2.53 bits per heavy atom. The van der Waals surface area contributed by atoms with Crippen LogP contribution in [0.1, 0.15) is 37.0 Å². The minimum absolute atomic E-state index is 0.0387. The van der Waals surface area contributed by atoms with Crippen LogP contribution >= 0.6 is 0 Å². The van der Waals surface area contributed by atoms with Crippen molar-refractivity contribution in [3.8, 4) is 0 Å². The Hall–Kier alpha value is -1.47. The first-order valence-corrected chi connectivity index (χ1v) is 7.42. The van der Waals surface area contributed by atoms with Crippen molar-refractivity contribution in [3.05, 3.63) is 23.9 Å². The predicted octanol–water partition coefficient (Wildman–Crippen LogP) is 1.59. The first kappa shape index (κ1) is 15.6. The zero-order chi connectivity index (χ0) is 14.6. The second-order valence-corrected chi connectivity index (χ2v) is 6.29. The topological polar surface area (TPSA) is 87.6 Å². The van der Waals surface area contributed by atoms with E-state index in [4.69, 9.17) is 5.11 Å². The summed E-state index contributed by atoms with van der Waals surface area (Å²) < 4.78 is 25.8. The first-order chi connectivity index (χ1) is 8.80. The van der Waals surface area contributed by atoms with Crippen LogP contribution in [-0.4, -0.2) is 41.9 Å². The lowest BCUT2D eigenvalue weighted by Crippen LogP contribution is -2.35. The van der Waals surface area contributed by atoms with E-state index < -0.39 is 16.0 Å². The van der Waals surface area contributed by atoms with Crippen LogP contribution in [0.3, 0.4) is 0 Å². The molecule has 1 atom stereocenters. The van der Waals surface area contributed by atoms with Crippen LogP contribution in [-0.2, 0) is 10.0 Å². The number of carboxylic acids is 1. The molecule has 106 valence electrons. The molecule has 7 heteroatoms. The van der Waals surface area contributed by atoms with Crippen LogP contribution in [0, 0.1) is 0 Å². The summed E-state index contributed by atoms with van der Waals surface area (Å²) in [7, 11) is -2.17. The molecule has 19 heavy (non-hydrogen) atoms. The third kappa shape index (κ3) is 3.51. The molecule has 0 aliphatic carbocycles. The summed E-state index contributed by atoms with van der Waals surface area (Å²) in [4.78, 5) is 14.4. The van der Waals surface area contributed by atoms with Crippen LogP contribution in [0.2, 0.25) is 0 Å². The Morgan fingerprint density at radius 2 is 2.11 bits per heavy atom. The first-order valence-electron chi connectivity index (χ1n) is 5.98. The Balaban J connectivity index is 3.03. The molecule has 0 aliphatic heterocycles. The molecule has 0 saturated carbocycles. The highest BCUT2D eigenvalue weighted by atomic mass is 32.2. The van der Waals surface area contributed by atoms with Gasteiger partial charge in [-0.05, 0) is 25.5 Å². The van der Waals surface area contributed by atoms with E-state index in [1.165, 1.54) is 23.5 Å². The number of sulfonamides is 1. The lowest BCUT2D eigenvalue weighted by atomic mass is 10.2. The molecule has 0 amide bonds. The molecule has 0 aliphatic rings. The molecule has 1 N–H and O–H groups in total. The van der Waals surface area contributed by atoms with Gasteiger partial charge in [-0.1, -0.05) is 13.3 Å². The van der Waals surface area contributed by atoms with Gasteiger partial charge in [0.05, 0.1) is 5.56 Å². The van der Waals surface area contributed by atoms with Gasteiger partial charge in [-0.15, -0.1) is 0 Å². The number of carboxylic acid groups (broad SMARTS) is 1. The Kier molecular flexibility index (Phi) is 5.02. The quantitative estimate of drug-likeness (QED) is 0.858. The second-order valence-electron chi connectivity index (χ2n) is 4.35. The maximum atomic E-state index is 12.2. The van der Waals surface area contributed by atoms with Crippen molar-refractivity contribution in [2.24, 2.45) is 0 Å². The van der Waals surface area contributed by atoms with Crippen LogP contribution in [0.4, 0.5) is 0 Å². The van der Waals surface area contributed by atoms with E-state index in [-0.39, 0.29) is 16.6 Å². The van der Waals surface area contributed by atoms with E-state index in [0.717, 1.165) is 19.0 Å². The minimum Gasteiger partial charge on any atom is -0.478 e. The summed E-state index contributed by atoms with van der Waals surface area (Å²) in [5.41, 5.74) is -0.0387. The minimum atomic E-state index is -3.67. The SMILES string of the molecule is CCCC(C)N(C)S(=O)(=O)c1ccc(C(=O)O)cn1. The number of carbonyl (C=O) groups is 1. The van der Waals surface area contributed by atoms with Crippen LogP contribution in [0.5, 0.6) is 0 Å². The number of hydrogen-bond donors (Lipinski definition) is 1. The van der Waals surface area contributed by atoms with Gasteiger partial charge in [0.2, 0.25) is 0 Å². The van der Waals surface area contributed by atoms with Gasteiger partial charge in [0.15, 0.2) is 5.03 Å². The van der Waals surface area contributed by atoms with Gasteiger partial charge >= 0.3 is 5.97 Å². The third-order valence-corrected chi connectivity index (χ3v) is 4.84. The summed E-state index contributed by atoms with van der Waals surface area (Å²) in [6, 6.07) is 2.32. The number of aromatic nitrogens is 1. The highest BCUT2D eigenvalue weighted by Gasteiger charge is 2.26. The fraction of sp³-hybridized carbons (Fsp3) is 0.500. The lowest BCUT2D eigenvalue weighted by molar-refractivity contribution is 0.0696. The molecule has 1 rings (SSSR count). The van der Waals surface area contributed by atoms with Gasteiger partial charge in [0.25, 0.3) is 10.0 Å². The van der Waals surface area contributed by atoms with E-state index in [1.807, 2.05) is 13.8 Å². The van der Waals surface area contributed by atoms with Crippen molar-refractivity contribution in [3.63, 3.8) is 0 Å². The molecular formula is C12H18N2O4S. The van der Waals surface area contributed by atoms with Crippen LogP contribution in [0.15, 0.2) is 23.4 Å². The highest BCUT2D eigenvalue weighted by Crippen LogP contribution is 2.16. The van der Waals surface area contributed by atoms with Gasteiger partial charge in [-0.3, -0.25) is 0 Å². The monoisotopic (exact) mass is 286 g/mol. The average Bonchev–Trinajstić information content (AvgIpc) is 2.38. The zero-order valence-corrected chi connectivity index (χ0v) is 12.0. The van der Waals surface area contributed by atoms with Crippen molar-refractivity contribution in [1.82, 2.24) is 9.29 Å². The molecule has 1 aromatic rings. The van der Waals surface area contributed by atoms with Crippen molar-refractivity contribution in [1.29, 1.82) is 0 Å². The summed E-state index contributed by atoms with van der Waals surface area (Å²) in [6.07, 6.45) is 2.68. The fourth-order valence-corrected chi connectivity index (χ4v) is 2.94. The highest BCUT2D eigenvalue weighted by molar-refractivity contribution is 7.89. The van der Waals surface area contributed by atoms with Gasteiger partial charge in [0, 0.05) is 19.3 Å². The van der Waals surface area contributed by atoms with E-state index >= 15 is 0 Å². The molecule has 6 nitrogen and oxygen atoms in total. The number of hydrogen-bond acceptors (Lipinski definition) is 4. The third-order valence-electron chi connectivity index (χ3n) is 2.95. The molecule has 1 unspecified atom stereocenters. The molecule has 1 heterocycles.